The molecule has 172 valence electrons. The van der Waals surface area contributed by atoms with Crippen molar-refractivity contribution in [3.63, 3.8) is 0 Å². The van der Waals surface area contributed by atoms with E-state index in [4.69, 9.17) is 16.3 Å². The normalized spacial score (nSPS) is 11.4. The van der Waals surface area contributed by atoms with Crippen LogP contribution in [0, 0.1) is 0 Å². The smallest absolute Gasteiger partial charge is 0.180 e. The first-order valence-corrected chi connectivity index (χ1v) is 11.7. The number of imidazole rings is 1. The number of nitrogens with zero attached hydrogens (tertiary/aromatic N) is 5. The molecule has 4 aromatic rings. The maximum Gasteiger partial charge on any atom is 0.180 e. The summed E-state index contributed by atoms with van der Waals surface area (Å²) in [5.41, 5.74) is 5.25. The molecular formula is C25H29ClN6O. The molecule has 4 rings (SSSR count). The highest BCUT2D eigenvalue weighted by Gasteiger charge is 2.17. The Hall–Kier alpha value is -3.03. The summed E-state index contributed by atoms with van der Waals surface area (Å²) >= 11 is 6.52. The molecule has 2 aromatic heterocycles. The molecule has 0 amide bonds. The van der Waals surface area contributed by atoms with Gasteiger partial charge in [-0.25, -0.2) is 10.1 Å². The largest absolute Gasteiger partial charge is 0.372 e. The highest BCUT2D eigenvalue weighted by Crippen LogP contribution is 2.30. The van der Waals surface area contributed by atoms with Crippen molar-refractivity contribution >= 4 is 11.6 Å². The van der Waals surface area contributed by atoms with Crippen molar-refractivity contribution < 1.29 is 4.74 Å². The van der Waals surface area contributed by atoms with Crippen LogP contribution < -0.4 is 0 Å². The minimum absolute atomic E-state index is 0.127. The highest BCUT2D eigenvalue weighted by atomic mass is 35.5. The van der Waals surface area contributed by atoms with Gasteiger partial charge in [0.05, 0.1) is 18.4 Å². The lowest BCUT2D eigenvalue weighted by Crippen LogP contribution is -2.12. The Bertz CT molecular complexity index is 1170. The standard InChI is InChI=1S/C25H29ClN6O/c1-4-5-10-23-27-24(26)22(16-33-17(2)3)32(23)15-18-11-13-19(14-12-18)20-8-6-7-9-21(20)25-28-30-31-29-25/h6-9,11-14,17H,4-5,10,15-16H2,1-3H3,(H,28,29,30,31). The topological polar surface area (TPSA) is 81.5 Å². The van der Waals surface area contributed by atoms with Gasteiger partial charge in [0.15, 0.2) is 11.0 Å². The van der Waals surface area contributed by atoms with Gasteiger partial charge < -0.3 is 9.30 Å². The highest BCUT2D eigenvalue weighted by molar-refractivity contribution is 6.30. The van der Waals surface area contributed by atoms with Crippen molar-refractivity contribution in [1.82, 2.24) is 30.2 Å². The SMILES string of the molecule is CCCCc1nc(Cl)c(COC(C)C)n1Cc1ccc(-c2ccccc2-c2nnn[nH]2)cc1. The van der Waals surface area contributed by atoms with E-state index in [0.29, 0.717) is 24.1 Å². The van der Waals surface area contributed by atoms with Crippen molar-refractivity contribution in [2.24, 2.45) is 0 Å². The summed E-state index contributed by atoms with van der Waals surface area (Å²) in [4.78, 5) is 4.65. The fraction of sp³-hybridized carbons (Fsp3) is 0.360. The number of aromatic amines is 1. The summed E-state index contributed by atoms with van der Waals surface area (Å²) in [7, 11) is 0. The number of hydrogen-bond donors (Lipinski definition) is 1. The Kier molecular flexibility index (Phi) is 7.52. The molecule has 0 atom stereocenters. The van der Waals surface area contributed by atoms with Crippen molar-refractivity contribution in [3.8, 4) is 22.5 Å². The fourth-order valence-electron chi connectivity index (χ4n) is 3.79. The number of rotatable bonds is 10. The van der Waals surface area contributed by atoms with Crippen LogP contribution in [-0.4, -0.2) is 36.3 Å². The van der Waals surface area contributed by atoms with Crippen LogP contribution >= 0.6 is 11.6 Å². The summed E-state index contributed by atoms with van der Waals surface area (Å²) in [6.45, 7) is 7.38. The van der Waals surface area contributed by atoms with Gasteiger partial charge in [-0.05, 0) is 47.4 Å². The van der Waals surface area contributed by atoms with Crippen molar-refractivity contribution in [2.75, 3.05) is 0 Å². The fourth-order valence-corrected chi connectivity index (χ4v) is 4.04. The molecule has 7 nitrogen and oxygen atoms in total. The van der Waals surface area contributed by atoms with Gasteiger partial charge in [-0.3, -0.25) is 0 Å². The molecule has 0 aliphatic carbocycles. The number of aryl methyl sites for hydroxylation is 1. The average molecular weight is 465 g/mol. The second kappa shape index (κ2) is 10.7. The molecule has 0 unspecified atom stereocenters. The molecule has 0 radical (unpaired) electrons. The molecule has 2 heterocycles. The quantitative estimate of drug-likeness (QED) is 0.325. The van der Waals surface area contributed by atoms with Gasteiger partial charge in [0.25, 0.3) is 0 Å². The van der Waals surface area contributed by atoms with Crippen LogP contribution in [0.15, 0.2) is 48.5 Å². The maximum atomic E-state index is 6.52. The number of tetrazole rings is 1. The molecular weight excluding hydrogens is 436 g/mol. The second-order valence-corrected chi connectivity index (χ2v) is 8.67. The van der Waals surface area contributed by atoms with Crippen LogP contribution in [0.3, 0.4) is 0 Å². The van der Waals surface area contributed by atoms with Gasteiger partial charge in [-0.15, -0.1) is 5.10 Å². The maximum absolute atomic E-state index is 6.52. The second-order valence-electron chi connectivity index (χ2n) is 8.31. The lowest BCUT2D eigenvalue weighted by atomic mass is 9.98. The van der Waals surface area contributed by atoms with Gasteiger partial charge >= 0.3 is 0 Å². The number of halogens is 1. The predicted molar refractivity (Wildman–Crippen MR) is 130 cm³/mol. The lowest BCUT2D eigenvalue weighted by molar-refractivity contribution is 0.0618. The molecule has 0 saturated heterocycles. The third-order valence-corrected chi connectivity index (χ3v) is 5.85. The first-order valence-electron chi connectivity index (χ1n) is 11.3. The van der Waals surface area contributed by atoms with Crippen LogP contribution in [0.4, 0.5) is 0 Å². The zero-order valence-electron chi connectivity index (χ0n) is 19.3. The molecule has 0 spiro atoms. The summed E-state index contributed by atoms with van der Waals surface area (Å²) in [6, 6.07) is 16.7. The molecule has 8 heteroatoms. The van der Waals surface area contributed by atoms with E-state index in [1.807, 2.05) is 32.0 Å². The monoisotopic (exact) mass is 464 g/mol. The molecule has 1 N–H and O–H groups in total. The Morgan fingerprint density at radius 1 is 1.06 bits per heavy atom. The molecule has 0 aliphatic rings. The van der Waals surface area contributed by atoms with Crippen molar-refractivity contribution in [1.29, 1.82) is 0 Å². The van der Waals surface area contributed by atoms with E-state index in [9.17, 15) is 0 Å². The summed E-state index contributed by atoms with van der Waals surface area (Å²) < 4.78 is 8.08. The number of aromatic nitrogens is 6. The van der Waals surface area contributed by atoms with Gasteiger partial charge in [0, 0.05) is 18.5 Å². The first kappa shape index (κ1) is 23.1. The number of unbranched alkanes of at least 4 members (excludes halogenated alkanes) is 1. The summed E-state index contributed by atoms with van der Waals surface area (Å²) in [5, 5.41) is 14.9. The van der Waals surface area contributed by atoms with Crippen LogP contribution in [0.5, 0.6) is 0 Å². The third-order valence-electron chi connectivity index (χ3n) is 5.54. The minimum Gasteiger partial charge on any atom is -0.372 e. The summed E-state index contributed by atoms with van der Waals surface area (Å²) in [6.07, 6.45) is 3.21. The zero-order chi connectivity index (χ0) is 23.2. The van der Waals surface area contributed by atoms with Gasteiger partial charge in [0.1, 0.15) is 5.82 Å². The van der Waals surface area contributed by atoms with E-state index in [-0.39, 0.29) is 6.10 Å². The number of ether oxygens (including phenoxy) is 1. The molecule has 33 heavy (non-hydrogen) atoms. The Labute approximate surface area is 199 Å². The van der Waals surface area contributed by atoms with E-state index < -0.39 is 0 Å². The van der Waals surface area contributed by atoms with Crippen LogP contribution in [0.2, 0.25) is 5.15 Å². The van der Waals surface area contributed by atoms with Gasteiger partial charge in [0.2, 0.25) is 0 Å². The van der Waals surface area contributed by atoms with Crippen LogP contribution in [0.1, 0.15) is 50.7 Å². The summed E-state index contributed by atoms with van der Waals surface area (Å²) in [5.74, 6) is 1.66. The van der Waals surface area contributed by atoms with E-state index >= 15 is 0 Å². The van der Waals surface area contributed by atoms with E-state index in [1.165, 1.54) is 5.56 Å². The van der Waals surface area contributed by atoms with Crippen LogP contribution in [-0.2, 0) is 24.3 Å². The van der Waals surface area contributed by atoms with Gasteiger partial charge in [-0.1, -0.05) is 73.5 Å². The van der Waals surface area contributed by atoms with Gasteiger partial charge in [-0.2, -0.15) is 0 Å². The van der Waals surface area contributed by atoms with Crippen molar-refractivity contribution in [3.05, 3.63) is 70.8 Å². The number of hydrogen-bond acceptors (Lipinski definition) is 5. The molecule has 0 saturated carbocycles. The van der Waals surface area contributed by atoms with E-state index in [1.54, 1.807) is 0 Å². The minimum atomic E-state index is 0.127. The van der Waals surface area contributed by atoms with Crippen LogP contribution in [0.25, 0.3) is 22.5 Å². The number of benzene rings is 2. The third kappa shape index (κ3) is 5.49. The average Bonchev–Trinajstić information content (AvgIpc) is 3.45. The zero-order valence-corrected chi connectivity index (χ0v) is 20.0. The molecule has 0 aliphatic heterocycles. The van der Waals surface area contributed by atoms with Crippen molar-refractivity contribution in [2.45, 2.75) is 59.3 Å². The predicted octanol–water partition coefficient (Wildman–Crippen LogP) is 5.70. The Balaban J connectivity index is 1.61. The van der Waals surface area contributed by atoms with E-state index in [2.05, 4.69) is 67.4 Å². The molecule has 0 bridgehead atoms. The Morgan fingerprint density at radius 2 is 1.82 bits per heavy atom. The number of nitrogens with one attached hydrogen (secondary N) is 1. The Morgan fingerprint density at radius 3 is 2.48 bits per heavy atom. The number of H-pyrrole nitrogens is 1. The molecule has 2 aromatic carbocycles. The lowest BCUT2D eigenvalue weighted by Gasteiger charge is -2.15. The molecule has 0 fully saturated rings. The first-order chi connectivity index (χ1) is 16.1. The van der Waals surface area contributed by atoms with E-state index in [0.717, 1.165) is 47.5 Å².